The van der Waals surface area contributed by atoms with Crippen LogP contribution in [0, 0.1) is 22.9 Å². The third-order valence-corrected chi connectivity index (χ3v) is 4.02. The maximum Gasteiger partial charge on any atom is 0.274 e. The van der Waals surface area contributed by atoms with Gasteiger partial charge in [-0.25, -0.2) is 4.39 Å². The van der Waals surface area contributed by atoms with Gasteiger partial charge in [0.15, 0.2) is 0 Å². The molecule has 0 unspecified atom stereocenters. The molecule has 110 valence electrons. The molecule has 21 heavy (non-hydrogen) atoms. The lowest BCUT2D eigenvalue weighted by Crippen LogP contribution is -2.04. The average molecular weight is 374 g/mol. The summed E-state index contributed by atoms with van der Waals surface area (Å²) in [7, 11) is 0. The highest BCUT2D eigenvalue weighted by Gasteiger charge is 2.14. The van der Waals surface area contributed by atoms with Crippen molar-refractivity contribution in [2.24, 2.45) is 0 Å². The molecule has 0 aromatic heterocycles. The number of nitro benzene ring substituents is 1. The van der Waals surface area contributed by atoms with Crippen molar-refractivity contribution in [1.29, 1.82) is 0 Å². The molecule has 0 heterocycles. The van der Waals surface area contributed by atoms with Gasteiger partial charge < -0.3 is 5.32 Å². The lowest BCUT2D eigenvalue weighted by molar-refractivity contribution is -0.385. The van der Waals surface area contributed by atoms with E-state index in [0.29, 0.717) is 10.7 Å². The monoisotopic (exact) mass is 372 g/mol. The summed E-state index contributed by atoms with van der Waals surface area (Å²) in [6.07, 6.45) is 0. The Hall–Kier alpha value is -1.66. The van der Waals surface area contributed by atoms with Crippen LogP contribution < -0.4 is 5.32 Å². The van der Waals surface area contributed by atoms with Gasteiger partial charge >= 0.3 is 0 Å². The lowest BCUT2D eigenvalue weighted by Gasteiger charge is -2.11. The zero-order valence-corrected chi connectivity index (χ0v) is 13.3. The topological polar surface area (TPSA) is 55.2 Å². The van der Waals surface area contributed by atoms with E-state index in [0.717, 1.165) is 28.2 Å². The van der Waals surface area contributed by atoms with E-state index in [9.17, 15) is 14.5 Å². The summed E-state index contributed by atoms with van der Waals surface area (Å²) in [6.45, 7) is 1.99. The highest BCUT2D eigenvalue weighted by Crippen LogP contribution is 2.30. The van der Waals surface area contributed by atoms with Crippen LogP contribution in [-0.2, 0) is 6.54 Å². The number of rotatable bonds is 4. The smallest absolute Gasteiger partial charge is 0.274 e. The van der Waals surface area contributed by atoms with Crippen molar-refractivity contribution in [1.82, 2.24) is 0 Å². The van der Waals surface area contributed by atoms with Crippen LogP contribution in [0.2, 0.25) is 5.02 Å². The van der Waals surface area contributed by atoms with Crippen LogP contribution in [0.25, 0.3) is 0 Å². The first-order chi connectivity index (χ1) is 9.88. The zero-order chi connectivity index (χ0) is 15.6. The molecule has 0 spiro atoms. The van der Waals surface area contributed by atoms with Gasteiger partial charge in [-0.15, -0.1) is 0 Å². The second-order valence-corrected chi connectivity index (χ2v) is 5.73. The van der Waals surface area contributed by atoms with Crippen LogP contribution in [0.1, 0.15) is 11.1 Å². The first kappa shape index (κ1) is 15.7. The van der Waals surface area contributed by atoms with Gasteiger partial charge in [-0.05, 0) is 52.7 Å². The van der Waals surface area contributed by atoms with Crippen LogP contribution in [0.3, 0.4) is 0 Å². The summed E-state index contributed by atoms with van der Waals surface area (Å²) in [5, 5.41) is 14.5. The molecular weight excluding hydrogens is 363 g/mol. The second kappa shape index (κ2) is 6.41. The van der Waals surface area contributed by atoms with Crippen molar-refractivity contribution >= 4 is 38.9 Å². The largest absolute Gasteiger partial charge is 0.380 e. The zero-order valence-electron chi connectivity index (χ0n) is 11.0. The molecule has 0 aliphatic heterocycles. The van der Waals surface area contributed by atoms with E-state index in [1.807, 2.05) is 13.0 Å². The number of halogens is 3. The van der Waals surface area contributed by atoms with Gasteiger partial charge in [-0.2, -0.15) is 0 Å². The molecule has 0 fully saturated rings. The van der Waals surface area contributed by atoms with E-state index in [1.165, 1.54) is 0 Å². The fourth-order valence-corrected chi connectivity index (χ4v) is 2.61. The van der Waals surface area contributed by atoms with E-state index < -0.39 is 10.7 Å². The summed E-state index contributed by atoms with van der Waals surface area (Å²) >= 11 is 9.43. The number of benzene rings is 2. The fourth-order valence-electron chi connectivity index (χ4n) is 1.85. The van der Waals surface area contributed by atoms with Gasteiger partial charge in [0.1, 0.15) is 5.82 Å². The van der Waals surface area contributed by atoms with Crippen LogP contribution in [0.4, 0.5) is 15.8 Å². The predicted molar refractivity (Wildman–Crippen MR) is 84.3 cm³/mol. The Bertz CT molecular complexity index is 710. The summed E-state index contributed by atoms with van der Waals surface area (Å²) in [6, 6.07) is 6.93. The molecular formula is C14H11BrClFN2O2. The molecule has 2 aromatic carbocycles. The standard InChI is InChI=1S/C14H11BrClFN2O2/c1-8-4-11(15)13(6-12(8)16)18-7-9-5-10(17)2-3-14(9)19(20)21/h2-6,18H,7H2,1H3. The van der Waals surface area contributed by atoms with Crippen LogP contribution in [0.15, 0.2) is 34.8 Å². The van der Waals surface area contributed by atoms with E-state index in [1.54, 1.807) is 6.07 Å². The number of nitro groups is 1. The van der Waals surface area contributed by atoms with Gasteiger partial charge in [0, 0.05) is 22.1 Å². The van der Waals surface area contributed by atoms with Crippen LogP contribution in [-0.4, -0.2) is 4.92 Å². The molecule has 2 aromatic rings. The molecule has 0 aliphatic rings. The number of nitrogens with one attached hydrogen (secondary N) is 1. The van der Waals surface area contributed by atoms with Gasteiger partial charge in [0.05, 0.1) is 16.2 Å². The molecule has 7 heteroatoms. The summed E-state index contributed by atoms with van der Waals surface area (Å²) in [5.41, 5.74) is 1.73. The minimum atomic E-state index is -0.534. The maximum absolute atomic E-state index is 13.3. The highest BCUT2D eigenvalue weighted by molar-refractivity contribution is 9.10. The molecule has 1 N–H and O–H groups in total. The Labute approximate surface area is 134 Å². The van der Waals surface area contributed by atoms with Gasteiger partial charge in [0.25, 0.3) is 5.69 Å². The fraction of sp³-hybridized carbons (Fsp3) is 0.143. The minimum Gasteiger partial charge on any atom is -0.380 e. The van der Waals surface area contributed by atoms with Crippen molar-refractivity contribution in [3.8, 4) is 0 Å². The third kappa shape index (κ3) is 3.71. The summed E-state index contributed by atoms with van der Waals surface area (Å²) < 4.78 is 14.0. The SMILES string of the molecule is Cc1cc(Br)c(NCc2cc(F)ccc2[N+](=O)[O-])cc1Cl. The molecule has 0 saturated carbocycles. The quantitative estimate of drug-likeness (QED) is 0.601. The Kier molecular flexibility index (Phi) is 4.80. The van der Waals surface area contributed by atoms with E-state index >= 15 is 0 Å². The first-order valence-corrected chi connectivity index (χ1v) is 7.18. The molecule has 0 saturated heterocycles. The first-order valence-electron chi connectivity index (χ1n) is 6.01. The number of anilines is 1. The van der Waals surface area contributed by atoms with Crippen LogP contribution >= 0.6 is 27.5 Å². The number of hydrogen-bond donors (Lipinski definition) is 1. The minimum absolute atomic E-state index is 0.117. The normalized spacial score (nSPS) is 10.5. The Morgan fingerprint density at radius 3 is 2.76 bits per heavy atom. The van der Waals surface area contributed by atoms with Crippen molar-refractivity contribution in [2.45, 2.75) is 13.5 Å². The van der Waals surface area contributed by atoms with Gasteiger partial charge in [0.2, 0.25) is 0 Å². The highest BCUT2D eigenvalue weighted by atomic mass is 79.9. The molecule has 0 bridgehead atoms. The van der Waals surface area contributed by atoms with Crippen molar-refractivity contribution in [3.05, 3.63) is 66.9 Å². The second-order valence-electron chi connectivity index (χ2n) is 4.46. The van der Waals surface area contributed by atoms with Gasteiger partial charge in [-0.3, -0.25) is 10.1 Å². The molecule has 0 amide bonds. The van der Waals surface area contributed by atoms with Crippen LogP contribution in [0.5, 0.6) is 0 Å². The molecule has 0 radical (unpaired) electrons. The number of nitrogens with zero attached hydrogens (tertiary/aromatic N) is 1. The Morgan fingerprint density at radius 1 is 1.38 bits per heavy atom. The summed E-state index contributed by atoms with van der Waals surface area (Å²) in [4.78, 5) is 10.4. The molecule has 2 rings (SSSR count). The van der Waals surface area contributed by atoms with E-state index in [4.69, 9.17) is 11.6 Å². The van der Waals surface area contributed by atoms with Crippen molar-refractivity contribution in [3.63, 3.8) is 0 Å². The predicted octanol–water partition coefficient (Wildman–Crippen LogP) is 5.07. The number of aryl methyl sites for hydroxylation is 1. The molecule has 0 atom stereocenters. The van der Waals surface area contributed by atoms with E-state index in [2.05, 4.69) is 21.2 Å². The average Bonchev–Trinajstić information content (AvgIpc) is 2.41. The molecule has 4 nitrogen and oxygen atoms in total. The Balaban J connectivity index is 2.26. The third-order valence-electron chi connectivity index (χ3n) is 2.96. The Morgan fingerprint density at radius 2 is 2.10 bits per heavy atom. The lowest BCUT2D eigenvalue weighted by atomic mass is 10.1. The van der Waals surface area contributed by atoms with Gasteiger partial charge in [-0.1, -0.05) is 11.6 Å². The van der Waals surface area contributed by atoms with Crippen molar-refractivity contribution in [2.75, 3.05) is 5.32 Å². The maximum atomic E-state index is 13.3. The number of hydrogen-bond acceptors (Lipinski definition) is 3. The van der Waals surface area contributed by atoms with E-state index in [-0.39, 0.29) is 17.8 Å². The molecule has 0 aliphatic carbocycles. The van der Waals surface area contributed by atoms with Crippen molar-refractivity contribution < 1.29 is 9.31 Å². The summed E-state index contributed by atoms with van der Waals surface area (Å²) in [5.74, 6) is -0.515.